The van der Waals surface area contributed by atoms with Crippen LogP contribution in [0.5, 0.6) is 28.7 Å². The van der Waals surface area contributed by atoms with Gasteiger partial charge in [0.25, 0.3) is 0 Å². The summed E-state index contributed by atoms with van der Waals surface area (Å²) in [7, 11) is 4.78. The van der Waals surface area contributed by atoms with E-state index in [0.29, 0.717) is 40.1 Å². The van der Waals surface area contributed by atoms with E-state index in [1.807, 2.05) is 48.5 Å². The Balaban J connectivity index is 1.33. The highest BCUT2D eigenvalue weighted by Crippen LogP contribution is 2.47. The van der Waals surface area contributed by atoms with Crippen molar-refractivity contribution < 1.29 is 28.5 Å². The van der Waals surface area contributed by atoms with Crippen molar-refractivity contribution >= 4 is 11.7 Å². The summed E-state index contributed by atoms with van der Waals surface area (Å²) in [6, 6.07) is 24.2. The predicted octanol–water partition coefficient (Wildman–Crippen LogP) is 7.11. The third-order valence-electron chi connectivity index (χ3n) is 6.75. The molecular formula is C32H28O6. The molecule has 0 fully saturated rings. The molecule has 0 heterocycles. The number of carbonyl (C=O) groups is 1. The number of benzene rings is 4. The van der Waals surface area contributed by atoms with Crippen LogP contribution in [0.15, 0.2) is 85.4 Å². The molecule has 0 bridgehead atoms. The number of fused-ring (bicyclic) bond motifs is 3. The van der Waals surface area contributed by atoms with E-state index >= 15 is 0 Å². The number of carbonyl (C=O) groups excluding carboxylic acids is 1. The minimum absolute atomic E-state index is 0.0949. The van der Waals surface area contributed by atoms with E-state index in [0.717, 1.165) is 27.8 Å². The van der Waals surface area contributed by atoms with E-state index < -0.39 is 5.97 Å². The zero-order chi connectivity index (χ0) is 26.8. The van der Waals surface area contributed by atoms with Crippen LogP contribution in [0.3, 0.4) is 0 Å². The van der Waals surface area contributed by atoms with Crippen molar-refractivity contribution in [2.75, 3.05) is 21.3 Å². The molecule has 1 unspecified atom stereocenters. The van der Waals surface area contributed by atoms with E-state index in [4.69, 9.17) is 23.7 Å². The molecule has 0 saturated heterocycles. The van der Waals surface area contributed by atoms with E-state index in [2.05, 4.69) is 19.6 Å². The maximum Gasteiger partial charge on any atom is 0.343 e. The van der Waals surface area contributed by atoms with Crippen molar-refractivity contribution in [3.8, 4) is 39.9 Å². The van der Waals surface area contributed by atoms with Crippen molar-refractivity contribution in [2.24, 2.45) is 0 Å². The summed E-state index contributed by atoms with van der Waals surface area (Å²) in [5.41, 5.74) is 5.72. The van der Waals surface area contributed by atoms with Gasteiger partial charge in [0.15, 0.2) is 11.5 Å². The molecule has 1 aliphatic carbocycles. The van der Waals surface area contributed by atoms with Crippen LogP contribution in [0.25, 0.3) is 16.9 Å². The Morgan fingerprint density at radius 1 is 0.632 bits per heavy atom. The molecule has 192 valence electrons. The van der Waals surface area contributed by atoms with Crippen LogP contribution in [0.1, 0.15) is 39.9 Å². The van der Waals surface area contributed by atoms with Gasteiger partial charge in [0.1, 0.15) is 23.0 Å². The Morgan fingerprint density at radius 2 is 1.18 bits per heavy atom. The summed E-state index contributed by atoms with van der Waals surface area (Å²) in [5, 5.41) is 0. The smallest absolute Gasteiger partial charge is 0.343 e. The quantitative estimate of drug-likeness (QED) is 0.144. The summed E-state index contributed by atoms with van der Waals surface area (Å²) in [4.78, 5) is 12.7. The van der Waals surface area contributed by atoms with Gasteiger partial charge in [-0.15, -0.1) is 0 Å². The largest absolute Gasteiger partial charge is 0.497 e. The summed E-state index contributed by atoms with van der Waals surface area (Å²) >= 11 is 0. The molecule has 0 spiro atoms. The van der Waals surface area contributed by atoms with Crippen LogP contribution >= 0.6 is 0 Å². The molecule has 0 aromatic heterocycles. The van der Waals surface area contributed by atoms with Gasteiger partial charge in [-0.3, -0.25) is 0 Å². The van der Waals surface area contributed by atoms with Gasteiger partial charge in [0, 0.05) is 11.5 Å². The van der Waals surface area contributed by atoms with Gasteiger partial charge in [0.05, 0.1) is 26.9 Å². The molecule has 1 aliphatic rings. The van der Waals surface area contributed by atoms with Gasteiger partial charge in [-0.1, -0.05) is 25.6 Å². The first-order valence-corrected chi connectivity index (χ1v) is 12.2. The van der Waals surface area contributed by atoms with Crippen molar-refractivity contribution in [3.63, 3.8) is 0 Å². The van der Waals surface area contributed by atoms with Crippen LogP contribution in [-0.2, 0) is 0 Å². The molecule has 0 aliphatic heterocycles. The number of ether oxygens (including phenoxy) is 5. The second kappa shape index (κ2) is 10.3. The fraction of sp³-hybridized carbons (Fsp3) is 0.156. The Hall–Kier alpha value is -4.71. The third kappa shape index (κ3) is 4.68. The molecule has 6 heteroatoms. The third-order valence-corrected chi connectivity index (χ3v) is 6.75. The van der Waals surface area contributed by atoms with Crippen LogP contribution in [0.2, 0.25) is 0 Å². The number of hydrogen-bond donors (Lipinski definition) is 0. The average Bonchev–Trinajstić information content (AvgIpc) is 3.23. The topological polar surface area (TPSA) is 63.2 Å². The van der Waals surface area contributed by atoms with Gasteiger partial charge >= 0.3 is 5.97 Å². The van der Waals surface area contributed by atoms with Crippen LogP contribution < -0.4 is 23.7 Å². The van der Waals surface area contributed by atoms with Gasteiger partial charge in [0.2, 0.25) is 0 Å². The molecule has 6 nitrogen and oxygen atoms in total. The summed E-state index contributed by atoms with van der Waals surface area (Å²) < 4.78 is 27.7. The van der Waals surface area contributed by atoms with Crippen LogP contribution in [0.4, 0.5) is 0 Å². The molecule has 0 N–H and O–H groups in total. The SMILES string of the molecule is C=C(Oc1ccc2c(c1)C(C)c1cc(OC(=O)c3ccc(OC)cc3)ccc1-2)c1ccc(OC)c(OC)c1. The monoisotopic (exact) mass is 508 g/mol. The van der Waals surface area contributed by atoms with E-state index in [1.54, 1.807) is 45.6 Å². The number of methoxy groups -OCH3 is 3. The standard InChI is InChI=1S/C32H28O6/c1-19-28-17-24(37-20(2)22-8-15-30(35-4)31(16-22)36-5)11-13-26(28)27-14-12-25(18-29(19)27)38-32(33)21-6-9-23(34-3)10-7-21/h6-19H,2H2,1,3-5H3. The van der Waals surface area contributed by atoms with Crippen molar-refractivity contribution in [1.29, 1.82) is 0 Å². The van der Waals surface area contributed by atoms with E-state index in [9.17, 15) is 4.79 Å². The lowest BCUT2D eigenvalue weighted by Crippen LogP contribution is -2.08. The highest BCUT2D eigenvalue weighted by atomic mass is 16.5. The van der Waals surface area contributed by atoms with Crippen molar-refractivity contribution in [2.45, 2.75) is 12.8 Å². The average molecular weight is 509 g/mol. The first-order valence-electron chi connectivity index (χ1n) is 12.2. The highest BCUT2D eigenvalue weighted by Gasteiger charge is 2.27. The Kier molecular flexibility index (Phi) is 6.79. The molecule has 0 radical (unpaired) electrons. The summed E-state index contributed by atoms with van der Waals surface area (Å²) in [5.74, 6) is 3.30. The Labute approximate surface area is 222 Å². The minimum atomic E-state index is -0.417. The molecular weight excluding hydrogens is 480 g/mol. The zero-order valence-corrected chi connectivity index (χ0v) is 21.7. The van der Waals surface area contributed by atoms with Gasteiger partial charge in [-0.05, 0) is 89.0 Å². The maximum absolute atomic E-state index is 12.7. The zero-order valence-electron chi connectivity index (χ0n) is 21.7. The summed E-state index contributed by atoms with van der Waals surface area (Å²) in [6.45, 7) is 6.23. The fourth-order valence-corrected chi connectivity index (χ4v) is 4.69. The molecule has 4 aromatic rings. The first-order chi connectivity index (χ1) is 18.4. The lowest BCUT2D eigenvalue weighted by molar-refractivity contribution is 0.0734. The Morgan fingerprint density at radius 3 is 1.76 bits per heavy atom. The van der Waals surface area contributed by atoms with E-state index in [-0.39, 0.29) is 5.92 Å². The molecule has 1 atom stereocenters. The highest BCUT2D eigenvalue weighted by molar-refractivity contribution is 5.91. The van der Waals surface area contributed by atoms with Gasteiger partial charge < -0.3 is 23.7 Å². The fourth-order valence-electron chi connectivity index (χ4n) is 4.69. The molecule has 4 aromatic carbocycles. The second-order valence-corrected chi connectivity index (χ2v) is 8.93. The first kappa shape index (κ1) is 25.0. The number of esters is 1. The van der Waals surface area contributed by atoms with Crippen LogP contribution in [-0.4, -0.2) is 27.3 Å². The van der Waals surface area contributed by atoms with Crippen LogP contribution in [0, 0.1) is 0 Å². The second-order valence-electron chi connectivity index (χ2n) is 8.93. The van der Waals surface area contributed by atoms with Gasteiger partial charge in [-0.25, -0.2) is 4.79 Å². The summed E-state index contributed by atoms with van der Waals surface area (Å²) in [6.07, 6.45) is 0. The molecule has 5 rings (SSSR count). The maximum atomic E-state index is 12.7. The van der Waals surface area contributed by atoms with Crippen molar-refractivity contribution in [3.05, 3.63) is 108 Å². The molecule has 0 amide bonds. The lowest BCUT2D eigenvalue weighted by Gasteiger charge is -2.14. The lowest BCUT2D eigenvalue weighted by atomic mass is 9.99. The minimum Gasteiger partial charge on any atom is -0.497 e. The predicted molar refractivity (Wildman–Crippen MR) is 147 cm³/mol. The number of hydrogen-bond acceptors (Lipinski definition) is 6. The normalized spacial score (nSPS) is 13.2. The molecule has 38 heavy (non-hydrogen) atoms. The van der Waals surface area contributed by atoms with E-state index in [1.165, 1.54) is 0 Å². The van der Waals surface area contributed by atoms with Crippen molar-refractivity contribution in [1.82, 2.24) is 0 Å². The Bertz CT molecular complexity index is 1520. The molecule has 0 saturated carbocycles. The van der Waals surface area contributed by atoms with Gasteiger partial charge in [-0.2, -0.15) is 0 Å². The number of rotatable bonds is 8.